The minimum Gasteiger partial charge on any atom is -0.390 e. The fourth-order valence-electron chi connectivity index (χ4n) is 1.69. The summed E-state index contributed by atoms with van der Waals surface area (Å²) in [5.41, 5.74) is 5.09. The summed E-state index contributed by atoms with van der Waals surface area (Å²) in [4.78, 5) is 50.0. The fourth-order valence-corrected chi connectivity index (χ4v) is 2.32. The van der Waals surface area contributed by atoms with Gasteiger partial charge in [-0.15, -0.1) is 0 Å². The molecule has 92 valence electrons. The molecule has 1 heterocycles. The van der Waals surface area contributed by atoms with Crippen LogP contribution >= 0.6 is 0 Å². The van der Waals surface area contributed by atoms with Crippen molar-refractivity contribution in [2.75, 3.05) is 13.1 Å². The van der Waals surface area contributed by atoms with Crippen molar-refractivity contribution in [3.8, 4) is 0 Å². The third-order valence-electron chi connectivity index (χ3n) is 2.56. The van der Waals surface area contributed by atoms with E-state index in [0.29, 0.717) is 13.0 Å². The van der Waals surface area contributed by atoms with Crippen LogP contribution in [0.25, 0.3) is 0 Å². The topological polar surface area (TPSA) is 124 Å². The van der Waals surface area contributed by atoms with Gasteiger partial charge in [0.2, 0.25) is 11.8 Å². The minimum absolute atomic E-state index is 0.113. The molecule has 1 aliphatic rings. The summed E-state index contributed by atoms with van der Waals surface area (Å²) in [5, 5.41) is 0. The Kier molecular flexibility index (Phi) is 4.02. The molecule has 0 spiro atoms. The van der Waals surface area contributed by atoms with Gasteiger partial charge >= 0.3 is 8.80 Å². The molecule has 1 atom stereocenters. The van der Waals surface area contributed by atoms with E-state index in [1.54, 1.807) is 0 Å². The Hall–Kier alpha value is -0.963. The van der Waals surface area contributed by atoms with Crippen LogP contribution in [0.2, 0.25) is 6.04 Å². The zero-order chi connectivity index (χ0) is 12.3. The molecule has 8 heteroatoms. The van der Waals surface area contributed by atoms with Crippen molar-refractivity contribution in [2.45, 2.75) is 18.9 Å². The summed E-state index contributed by atoms with van der Waals surface area (Å²) in [5.74, 6) is -1.11. The van der Waals surface area contributed by atoms with Crippen LogP contribution in [-0.4, -0.2) is 53.0 Å². The van der Waals surface area contributed by atoms with Crippen molar-refractivity contribution >= 4 is 20.6 Å². The van der Waals surface area contributed by atoms with Gasteiger partial charge in [0.15, 0.2) is 0 Å². The largest absolute Gasteiger partial charge is 0.492 e. The standard InChI is InChI=1S/C8H16N2O5Si/c9-8(12)6-4-7(11)10(5-6)2-1-3-16(13,14)15/h6,13-15H,1-5H2,(H2,9,12). The number of amides is 2. The van der Waals surface area contributed by atoms with Crippen LogP contribution < -0.4 is 5.73 Å². The second-order valence-electron chi connectivity index (χ2n) is 4.02. The minimum atomic E-state index is -4.02. The maximum Gasteiger partial charge on any atom is 0.492 e. The van der Waals surface area contributed by atoms with Gasteiger partial charge in [0, 0.05) is 25.6 Å². The molecule has 0 aromatic carbocycles. The van der Waals surface area contributed by atoms with Gasteiger partial charge in [0.1, 0.15) is 0 Å². The molecule has 1 unspecified atom stereocenters. The van der Waals surface area contributed by atoms with Crippen LogP contribution in [0.3, 0.4) is 0 Å². The molecule has 0 aromatic rings. The lowest BCUT2D eigenvalue weighted by Gasteiger charge is -2.17. The van der Waals surface area contributed by atoms with E-state index in [4.69, 9.17) is 20.1 Å². The third-order valence-corrected chi connectivity index (χ3v) is 3.58. The number of hydrogen-bond donors (Lipinski definition) is 4. The number of hydrogen-bond acceptors (Lipinski definition) is 5. The lowest BCUT2D eigenvalue weighted by atomic mass is 10.1. The molecule has 5 N–H and O–H groups in total. The number of carbonyl (C=O) groups excluding carboxylic acids is 2. The van der Waals surface area contributed by atoms with Crippen molar-refractivity contribution in [1.82, 2.24) is 4.90 Å². The molecule has 0 bridgehead atoms. The highest BCUT2D eigenvalue weighted by Gasteiger charge is 2.33. The van der Waals surface area contributed by atoms with Crippen molar-refractivity contribution in [3.05, 3.63) is 0 Å². The Bertz CT molecular complexity index is 291. The monoisotopic (exact) mass is 248 g/mol. The average molecular weight is 248 g/mol. The van der Waals surface area contributed by atoms with E-state index in [9.17, 15) is 9.59 Å². The van der Waals surface area contributed by atoms with Gasteiger partial charge in [-0.25, -0.2) is 0 Å². The van der Waals surface area contributed by atoms with E-state index in [1.807, 2.05) is 0 Å². The molecule has 0 aromatic heterocycles. The van der Waals surface area contributed by atoms with Crippen LogP contribution in [0.1, 0.15) is 12.8 Å². The summed E-state index contributed by atoms with van der Waals surface area (Å²) in [6.45, 7) is 0.587. The summed E-state index contributed by atoms with van der Waals surface area (Å²) < 4.78 is 0. The molecule has 0 radical (unpaired) electrons. The predicted molar refractivity (Wildman–Crippen MR) is 55.7 cm³/mol. The van der Waals surface area contributed by atoms with Crippen molar-refractivity contribution < 1.29 is 24.0 Å². The van der Waals surface area contributed by atoms with E-state index >= 15 is 0 Å². The number of nitrogens with two attached hydrogens (primary N) is 1. The molecule has 0 aliphatic carbocycles. The molecule has 0 saturated carbocycles. The first-order valence-corrected chi connectivity index (χ1v) is 7.08. The van der Waals surface area contributed by atoms with Crippen LogP contribution in [-0.2, 0) is 9.59 Å². The zero-order valence-corrected chi connectivity index (χ0v) is 9.80. The van der Waals surface area contributed by atoms with Gasteiger partial charge in [0.05, 0.1) is 5.92 Å². The molecule has 1 rings (SSSR count). The molecule has 2 amide bonds. The second-order valence-corrected chi connectivity index (χ2v) is 6.07. The SMILES string of the molecule is NC(=O)C1CC(=O)N(CCC[Si](O)(O)O)C1. The number of carbonyl (C=O) groups is 2. The van der Waals surface area contributed by atoms with Gasteiger partial charge in [0.25, 0.3) is 0 Å². The molecular weight excluding hydrogens is 232 g/mol. The van der Waals surface area contributed by atoms with Gasteiger partial charge < -0.3 is 25.0 Å². The van der Waals surface area contributed by atoms with Gasteiger partial charge in [-0.2, -0.15) is 0 Å². The Labute approximate surface area is 93.8 Å². The number of primary amides is 1. The van der Waals surface area contributed by atoms with Crippen LogP contribution in [0.15, 0.2) is 0 Å². The fraction of sp³-hybridized carbons (Fsp3) is 0.750. The lowest BCUT2D eigenvalue weighted by molar-refractivity contribution is -0.128. The maximum absolute atomic E-state index is 11.4. The van der Waals surface area contributed by atoms with Crippen LogP contribution in [0.4, 0.5) is 0 Å². The summed E-state index contributed by atoms with van der Waals surface area (Å²) >= 11 is 0. The molecule has 1 saturated heterocycles. The van der Waals surface area contributed by atoms with Crippen LogP contribution in [0.5, 0.6) is 0 Å². The van der Waals surface area contributed by atoms with Crippen LogP contribution in [0, 0.1) is 5.92 Å². The highest BCUT2D eigenvalue weighted by Crippen LogP contribution is 2.18. The average Bonchev–Trinajstić information content (AvgIpc) is 2.46. The first-order chi connectivity index (χ1) is 7.29. The van der Waals surface area contributed by atoms with E-state index in [2.05, 4.69) is 0 Å². The maximum atomic E-state index is 11.4. The van der Waals surface area contributed by atoms with Crippen molar-refractivity contribution in [3.63, 3.8) is 0 Å². The Morgan fingerprint density at radius 2 is 2.12 bits per heavy atom. The Balaban J connectivity index is 2.34. The summed E-state index contributed by atoms with van der Waals surface area (Å²) in [7, 11) is -4.02. The number of nitrogens with zero attached hydrogens (tertiary/aromatic N) is 1. The van der Waals surface area contributed by atoms with Crippen molar-refractivity contribution in [2.24, 2.45) is 11.7 Å². The molecule has 7 nitrogen and oxygen atoms in total. The normalized spacial score (nSPS) is 21.6. The molecular formula is C8H16N2O5Si. The lowest BCUT2D eigenvalue weighted by Crippen LogP contribution is -2.36. The van der Waals surface area contributed by atoms with E-state index < -0.39 is 20.6 Å². The van der Waals surface area contributed by atoms with Gasteiger partial charge in [-0.1, -0.05) is 0 Å². The quantitative estimate of drug-likeness (QED) is 0.405. The summed E-state index contributed by atoms with van der Waals surface area (Å²) in [6, 6.07) is -0.113. The molecule has 16 heavy (non-hydrogen) atoms. The number of rotatable bonds is 5. The smallest absolute Gasteiger partial charge is 0.390 e. The molecule has 1 fully saturated rings. The van der Waals surface area contributed by atoms with Crippen molar-refractivity contribution in [1.29, 1.82) is 0 Å². The second kappa shape index (κ2) is 4.91. The van der Waals surface area contributed by atoms with E-state index in [1.165, 1.54) is 4.90 Å². The highest BCUT2D eigenvalue weighted by atomic mass is 28.4. The van der Waals surface area contributed by atoms with Gasteiger partial charge in [-0.05, 0) is 6.42 Å². The van der Waals surface area contributed by atoms with E-state index in [-0.39, 0.29) is 24.9 Å². The highest BCUT2D eigenvalue weighted by molar-refractivity contribution is 6.56. The van der Waals surface area contributed by atoms with Gasteiger partial charge in [-0.3, -0.25) is 9.59 Å². The van der Waals surface area contributed by atoms with E-state index in [0.717, 1.165) is 0 Å². The Morgan fingerprint density at radius 1 is 1.50 bits per heavy atom. The number of likely N-dealkylation sites (tertiary alicyclic amines) is 1. The summed E-state index contributed by atoms with van der Waals surface area (Å²) in [6.07, 6.45) is 0.419. The first kappa shape index (κ1) is 13.1. The predicted octanol–water partition coefficient (Wildman–Crippen LogP) is -2.37. The zero-order valence-electron chi connectivity index (χ0n) is 8.80. The first-order valence-electron chi connectivity index (χ1n) is 5.04. The third kappa shape index (κ3) is 3.89. The Morgan fingerprint density at radius 3 is 2.56 bits per heavy atom. The molecule has 1 aliphatic heterocycles.